The van der Waals surface area contributed by atoms with E-state index in [0.717, 1.165) is 0 Å². The second kappa shape index (κ2) is 4.31. The minimum Gasteiger partial charge on any atom is -0.340 e. The van der Waals surface area contributed by atoms with Crippen LogP contribution in [0.3, 0.4) is 0 Å². The number of rotatable bonds is 3. The molecule has 98 valence electrons. The summed E-state index contributed by atoms with van der Waals surface area (Å²) in [6.07, 6.45) is 1.30. The third-order valence-electron chi connectivity index (χ3n) is 3.75. The van der Waals surface area contributed by atoms with Crippen molar-refractivity contribution in [2.75, 3.05) is 0 Å². The van der Waals surface area contributed by atoms with E-state index in [0.29, 0.717) is 12.8 Å². The maximum atomic E-state index is 12.5. The van der Waals surface area contributed by atoms with Crippen LogP contribution >= 0.6 is 0 Å². The molecule has 4 nitrogen and oxygen atoms in total. The first-order valence-electron chi connectivity index (χ1n) is 6.39. The van der Waals surface area contributed by atoms with Crippen molar-refractivity contribution in [2.45, 2.75) is 71.5 Å². The van der Waals surface area contributed by atoms with E-state index in [1.54, 1.807) is 18.7 Å². The summed E-state index contributed by atoms with van der Waals surface area (Å²) in [5.41, 5.74) is -1.48. The summed E-state index contributed by atoms with van der Waals surface area (Å²) < 4.78 is 0. The lowest BCUT2D eigenvalue weighted by Gasteiger charge is -2.52. The second-order valence-electron chi connectivity index (χ2n) is 5.59. The molecule has 1 aliphatic heterocycles. The number of hydrogen-bond acceptors (Lipinski definition) is 2. The predicted molar refractivity (Wildman–Crippen MR) is 67.5 cm³/mol. The average Bonchev–Trinajstić information content (AvgIpc) is 2.22. The highest BCUT2D eigenvalue weighted by Crippen LogP contribution is 2.33. The van der Waals surface area contributed by atoms with E-state index in [1.807, 2.05) is 27.7 Å². The molecule has 17 heavy (non-hydrogen) atoms. The Morgan fingerprint density at radius 3 is 2.00 bits per heavy atom. The number of carbonyl (C=O) groups excluding carboxylic acids is 2. The lowest BCUT2D eigenvalue weighted by molar-refractivity contribution is -0.165. The van der Waals surface area contributed by atoms with Crippen LogP contribution in [-0.4, -0.2) is 33.8 Å². The van der Waals surface area contributed by atoms with Gasteiger partial charge < -0.3 is 10.2 Å². The van der Waals surface area contributed by atoms with Gasteiger partial charge >= 0.3 is 0 Å². The quantitative estimate of drug-likeness (QED) is 0.816. The number of carbonyl (C=O) groups is 2. The Morgan fingerprint density at radius 2 is 1.65 bits per heavy atom. The summed E-state index contributed by atoms with van der Waals surface area (Å²) in [5, 5.41) is 2.85. The Bertz CT molecular complexity index is 330. The van der Waals surface area contributed by atoms with Crippen molar-refractivity contribution in [3.05, 3.63) is 0 Å². The van der Waals surface area contributed by atoms with Crippen LogP contribution in [-0.2, 0) is 9.59 Å². The first-order valence-corrected chi connectivity index (χ1v) is 6.39. The van der Waals surface area contributed by atoms with Gasteiger partial charge in [0.25, 0.3) is 0 Å². The predicted octanol–water partition coefficient (Wildman–Crippen LogP) is 1.69. The summed E-state index contributed by atoms with van der Waals surface area (Å²) in [5.74, 6) is -0.0170. The average molecular weight is 240 g/mol. The van der Waals surface area contributed by atoms with Crippen molar-refractivity contribution in [3.63, 3.8) is 0 Å². The third kappa shape index (κ3) is 1.94. The van der Waals surface area contributed by atoms with E-state index in [4.69, 9.17) is 0 Å². The minimum atomic E-state index is -0.796. The largest absolute Gasteiger partial charge is 0.340 e. The van der Waals surface area contributed by atoms with Crippen molar-refractivity contribution < 1.29 is 9.59 Å². The molecule has 0 radical (unpaired) electrons. The molecule has 1 saturated heterocycles. The standard InChI is InChI=1S/C13H24N2O2/c1-7-13(8-2)10(16)14-12(5,6)11(17)15(13)9(3)4/h9H,7-8H2,1-6H3,(H,14,16). The molecule has 4 heteroatoms. The molecule has 1 fully saturated rings. The molecule has 0 aromatic rings. The molecule has 0 atom stereocenters. The van der Waals surface area contributed by atoms with E-state index in [-0.39, 0.29) is 17.9 Å². The molecular weight excluding hydrogens is 216 g/mol. The van der Waals surface area contributed by atoms with E-state index >= 15 is 0 Å². The van der Waals surface area contributed by atoms with E-state index < -0.39 is 11.1 Å². The van der Waals surface area contributed by atoms with Gasteiger partial charge in [-0.05, 0) is 40.5 Å². The number of amides is 2. The van der Waals surface area contributed by atoms with E-state index in [1.165, 1.54) is 0 Å². The van der Waals surface area contributed by atoms with Crippen molar-refractivity contribution >= 4 is 11.8 Å². The van der Waals surface area contributed by atoms with Crippen LogP contribution in [0, 0.1) is 0 Å². The van der Waals surface area contributed by atoms with Crippen molar-refractivity contribution in [1.82, 2.24) is 10.2 Å². The second-order valence-corrected chi connectivity index (χ2v) is 5.59. The van der Waals surface area contributed by atoms with Crippen LogP contribution in [0.1, 0.15) is 54.4 Å². The molecule has 0 spiro atoms. The number of hydrogen-bond donors (Lipinski definition) is 1. The molecule has 1 N–H and O–H groups in total. The number of piperazine rings is 1. The van der Waals surface area contributed by atoms with Gasteiger partial charge in [-0.25, -0.2) is 0 Å². The van der Waals surface area contributed by atoms with Gasteiger partial charge in [0.2, 0.25) is 11.8 Å². The molecule has 0 bridgehead atoms. The number of nitrogens with one attached hydrogen (secondary N) is 1. The third-order valence-corrected chi connectivity index (χ3v) is 3.75. The van der Waals surface area contributed by atoms with E-state index in [9.17, 15) is 9.59 Å². The smallest absolute Gasteiger partial charge is 0.248 e. The highest BCUT2D eigenvalue weighted by molar-refractivity contribution is 6.02. The Hall–Kier alpha value is -1.06. The first kappa shape index (κ1) is 14.0. The summed E-state index contributed by atoms with van der Waals surface area (Å²) in [6, 6.07) is 0.0349. The summed E-state index contributed by atoms with van der Waals surface area (Å²) >= 11 is 0. The normalized spacial score (nSPS) is 22.9. The van der Waals surface area contributed by atoms with Crippen LogP contribution in [0.5, 0.6) is 0 Å². The molecule has 0 aliphatic carbocycles. The van der Waals surface area contributed by atoms with Gasteiger partial charge in [-0.15, -0.1) is 0 Å². The van der Waals surface area contributed by atoms with Crippen LogP contribution in [0.4, 0.5) is 0 Å². The van der Waals surface area contributed by atoms with Crippen LogP contribution < -0.4 is 5.32 Å². The molecule has 1 aliphatic rings. The zero-order valence-corrected chi connectivity index (χ0v) is 11.8. The maximum absolute atomic E-state index is 12.5. The van der Waals surface area contributed by atoms with Crippen LogP contribution in [0.15, 0.2) is 0 Å². The molecule has 0 unspecified atom stereocenters. The highest BCUT2D eigenvalue weighted by Gasteiger charge is 2.54. The fourth-order valence-electron chi connectivity index (χ4n) is 2.70. The van der Waals surface area contributed by atoms with Crippen LogP contribution in [0.25, 0.3) is 0 Å². The highest BCUT2D eigenvalue weighted by atomic mass is 16.2. The molecule has 1 rings (SSSR count). The molecule has 1 heterocycles. The van der Waals surface area contributed by atoms with Gasteiger partial charge in [0, 0.05) is 6.04 Å². The lowest BCUT2D eigenvalue weighted by atomic mass is 9.82. The maximum Gasteiger partial charge on any atom is 0.248 e. The Labute approximate surface area is 104 Å². The van der Waals surface area contributed by atoms with Crippen molar-refractivity contribution in [1.29, 1.82) is 0 Å². The van der Waals surface area contributed by atoms with Gasteiger partial charge in [-0.1, -0.05) is 13.8 Å². The zero-order valence-electron chi connectivity index (χ0n) is 11.8. The summed E-state index contributed by atoms with van der Waals surface area (Å²) in [4.78, 5) is 26.6. The SMILES string of the molecule is CCC1(CC)C(=O)NC(C)(C)C(=O)N1C(C)C. The zero-order chi connectivity index (χ0) is 13.4. The van der Waals surface area contributed by atoms with Crippen molar-refractivity contribution in [3.8, 4) is 0 Å². The monoisotopic (exact) mass is 240 g/mol. The van der Waals surface area contributed by atoms with Crippen LogP contribution in [0.2, 0.25) is 0 Å². The molecule has 2 amide bonds. The molecular formula is C13H24N2O2. The van der Waals surface area contributed by atoms with Gasteiger partial charge in [-0.3, -0.25) is 9.59 Å². The summed E-state index contributed by atoms with van der Waals surface area (Å²) in [6.45, 7) is 11.4. The topological polar surface area (TPSA) is 49.4 Å². The fourth-order valence-corrected chi connectivity index (χ4v) is 2.70. The van der Waals surface area contributed by atoms with Gasteiger partial charge in [0.05, 0.1) is 0 Å². The fraction of sp³-hybridized carbons (Fsp3) is 0.846. The Balaban J connectivity index is 3.30. The van der Waals surface area contributed by atoms with Gasteiger partial charge in [0.1, 0.15) is 11.1 Å². The van der Waals surface area contributed by atoms with Gasteiger partial charge in [0.15, 0.2) is 0 Å². The number of nitrogens with zero attached hydrogens (tertiary/aromatic N) is 1. The molecule has 0 aromatic heterocycles. The molecule has 0 aromatic carbocycles. The summed E-state index contributed by atoms with van der Waals surface area (Å²) in [7, 11) is 0. The van der Waals surface area contributed by atoms with Gasteiger partial charge in [-0.2, -0.15) is 0 Å². The Morgan fingerprint density at radius 1 is 1.18 bits per heavy atom. The minimum absolute atomic E-state index is 0.0100. The lowest BCUT2D eigenvalue weighted by Crippen LogP contribution is -2.75. The molecule has 0 saturated carbocycles. The Kier molecular flexibility index (Phi) is 3.55. The van der Waals surface area contributed by atoms with Crippen molar-refractivity contribution in [2.24, 2.45) is 0 Å². The first-order chi connectivity index (χ1) is 7.73. The van der Waals surface area contributed by atoms with E-state index in [2.05, 4.69) is 5.32 Å².